The van der Waals surface area contributed by atoms with Crippen molar-refractivity contribution in [3.63, 3.8) is 0 Å². The van der Waals surface area contributed by atoms with Gasteiger partial charge in [0.15, 0.2) is 0 Å². The van der Waals surface area contributed by atoms with Gasteiger partial charge in [0.05, 0.1) is 22.9 Å². The summed E-state index contributed by atoms with van der Waals surface area (Å²) in [4.78, 5) is 11.3. The fourth-order valence-corrected chi connectivity index (χ4v) is 2.17. The van der Waals surface area contributed by atoms with Crippen molar-refractivity contribution in [1.82, 2.24) is 9.97 Å². The summed E-state index contributed by atoms with van der Waals surface area (Å²) in [6, 6.07) is 16.2. The predicted molar refractivity (Wildman–Crippen MR) is 79.3 cm³/mol. The van der Waals surface area contributed by atoms with Crippen molar-refractivity contribution in [2.24, 2.45) is 0 Å². The van der Waals surface area contributed by atoms with E-state index in [0.717, 1.165) is 28.0 Å². The Labute approximate surface area is 112 Å². The Hall–Kier alpha value is -2.42. The molecule has 1 aromatic heterocycles. The minimum absolute atomic E-state index is 0.906. The second kappa shape index (κ2) is 4.69. The van der Waals surface area contributed by atoms with Crippen molar-refractivity contribution in [2.45, 2.75) is 0 Å². The molecule has 0 fully saturated rings. The molecule has 0 atom stereocenters. The van der Waals surface area contributed by atoms with Gasteiger partial charge in [-0.05, 0) is 18.2 Å². The molecule has 1 heterocycles. The highest BCUT2D eigenvalue weighted by Gasteiger charge is 2.08. The number of benzene rings is 2. The van der Waals surface area contributed by atoms with E-state index in [2.05, 4.69) is 22.0 Å². The number of anilines is 1. The van der Waals surface area contributed by atoms with E-state index in [1.165, 1.54) is 0 Å². The summed E-state index contributed by atoms with van der Waals surface area (Å²) in [6.07, 6.45) is 1.84. The summed E-state index contributed by atoms with van der Waals surface area (Å²) in [5.41, 5.74) is 5.00. The number of aromatic nitrogens is 2. The predicted octanol–water partition coefficient (Wildman–Crippen LogP) is 3.36. The van der Waals surface area contributed by atoms with E-state index >= 15 is 0 Å². The Morgan fingerprint density at radius 1 is 0.842 bits per heavy atom. The number of hydrogen-bond donors (Lipinski definition) is 0. The zero-order chi connectivity index (χ0) is 13.2. The Balaban J connectivity index is 2.19. The molecule has 3 aromatic rings. The summed E-state index contributed by atoms with van der Waals surface area (Å²) in [6.45, 7) is 0. The molecule has 2 aromatic carbocycles. The molecule has 0 amide bonds. The Morgan fingerprint density at radius 3 is 2.32 bits per heavy atom. The molecule has 3 rings (SSSR count). The zero-order valence-corrected chi connectivity index (χ0v) is 11.0. The van der Waals surface area contributed by atoms with Crippen LogP contribution in [0.2, 0.25) is 0 Å². The van der Waals surface area contributed by atoms with Crippen LogP contribution >= 0.6 is 0 Å². The normalized spacial score (nSPS) is 10.6. The van der Waals surface area contributed by atoms with Crippen LogP contribution in [0.3, 0.4) is 0 Å². The minimum Gasteiger partial charge on any atom is -0.377 e. The molecule has 3 heteroatoms. The molecule has 0 unspecified atom stereocenters. The molecular formula is C16H15N3. The molecule has 0 aliphatic heterocycles. The van der Waals surface area contributed by atoms with Crippen LogP contribution in [0.4, 0.5) is 5.69 Å². The largest absolute Gasteiger partial charge is 0.377 e. The van der Waals surface area contributed by atoms with Crippen molar-refractivity contribution >= 4 is 16.7 Å². The molecule has 0 bridgehead atoms. The summed E-state index contributed by atoms with van der Waals surface area (Å²) in [7, 11) is 4.07. The molecule has 0 saturated carbocycles. The molecule has 19 heavy (non-hydrogen) atoms. The fraction of sp³-hybridized carbons (Fsp3) is 0.125. The number of fused-ring (bicyclic) bond motifs is 1. The molecule has 0 aliphatic carbocycles. The molecular weight excluding hydrogens is 234 g/mol. The van der Waals surface area contributed by atoms with E-state index in [-0.39, 0.29) is 0 Å². The third kappa shape index (κ3) is 2.15. The summed E-state index contributed by atoms with van der Waals surface area (Å²) < 4.78 is 0. The summed E-state index contributed by atoms with van der Waals surface area (Å²) in [5.74, 6) is 0. The highest BCUT2D eigenvalue weighted by molar-refractivity contribution is 5.81. The molecule has 0 aliphatic rings. The third-order valence-corrected chi connectivity index (χ3v) is 3.11. The second-order valence-electron chi connectivity index (χ2n) is 4.66. The lowest BCUT2D eigenvalue weighted by atomic mass is 10.1. The molecule has 0 spiro atoms. The van der Waals surface area contributed by atoms with Gasteiger partial charge in [-0.1, -0.05) is 30.3 Å². The average Bonchev–Trinajstić information content (AvgIpc) is 2.46. The van der Waals surface area contributed by atoms with Crippen LogP contribution in [0, 0.1) is 0 Å². The zero-order valence-electron chi connectivity index (χ0n) is 11.0. The number of nitrogens with zero attached hydrogens (tertiary/aromatic N) is 3. The van der Waals surface area contributed by atoms with Gasteiger partial charge >= 0.3 is 0 Å². The van der Waals surface area contributed by atoms with Gasteiger partial charge < -0.3 is 4.90 Å². The van der Waals surface area contributed by atoms with E-state index in [4.69, 9.17) is 4.98 Å². The molecule has 94 valence electrons. The maximum absolute atomic E-state index is 4.70. The Kier molecular flexibility index (Phi) is 2.88. The second-order valence-corrected chi connectivity index (χ2v) is 4.66. The lowest BCUT2D eigenvalue weighted by molar-refractivity contribution is 1.13. The van der Waals surface area contributed by atoms with E-state index in [9.17, 15) is 0 Å². The third-order valence-electron chi connectivity index (χ3n) is 3.11. The van der Waals surface area contributed by atoms with Gasteiger partial charge in [0, 0.05) is 25.3 Å². The van der Waals surface area contributed by atoms with Crippen LogP contribution in [-0.2, 0) is 0 Å². The minimum atomic E-state index is 0.906. The maximum atomic E-state index is 4.70. The standard InChI is InChI=1S/C16H15N3/c1-19(2)16-10-6-3-7-12(16)15-11-17-13-8-4-5-9-14(13)18-15/h3-11H,1-2H3. The van der Waals surface area contributed by atoms with E-state index in [0.29, 0.717) is 0 Å². The first-order valence-electron chi connectivity index (χ1n) is 6.24. The average molecular weight is 249 g/mol. The quantitative estimate of drug-likeness (QED) is 0.697. The molecule has 3 nitrogen and oxygen atoms in total. The van der Waals surface area contributed by atoms with Gasteiger partial charge in [0.2, 0.25) is 0 Å². The van der Waals surface area contributed by atoms with E-state index < -0.39 is 0 Å². The van der Waals surface area contributed by atoms with Crippen molar-refractivity contribution in [1.29, 1.82) is 0 Å². The molecule has 0 saturated heterocycles. The van der Waals surface area contributed by atoms with Crippen LogP contribution in [-0.4, -0.2) is 24.1 Å². The summed E-state index contributed by atoms with van der Waals surface area (Å²) in [5, 5.41) is 0. The topological polar surface area (TPSA) is 29.0 Å². The van der Waals surface area contributed by atoms with Gasteiger partial charge in [-0.25, -0.2) is 4.98 Å². The van der Waals surface area contributed by atoms with Crippen molar-refractivity contribution < 1.29 is 0 Å². The van der Waals surface area contributed by atoms with Crippen LogP contribution in [0.1, 0.15) is 0 Å². The van der Waals surface area contributed by atoms with Gasteiger partial charge in [0.25, 0.3) is 0 Å². The first-order chi connectivity index (χ1) is 9.25. The lowest BCUT2D eigenvalue weighted by Crippen LogP contribution is -2.10. The first kappa shape index (κ1) is 11.7. The highest BCUT2D eigenvalue weighted by Crippen LogP contribution is 2.28. The van der Waals surface area contributed by atoms with Crippen LogP contribution in [0.25, 0.3) is 22.3 Å². The van der Waals surface area contributed by atoms with Gasteiger partial charge in [-0.3, -0.25) is 4.98 Å². The monoisotopic (exact) mass is 249 g/mol. The highest BCUT2D eigenvalue weighted by atomic mass is 15.1. The Bertz CT molecular complexity index is 720. The van der Waals surface area contributed by atoms with Gasteiger partial charge in [-0.15, -0.1) is 0 Å². The van der Waals surface area contributed by atoms with Crippen LogP contribution in [0.15, 0.2) is 54.7 Å². The van der Waals surface area contributed by atoms with Crippen LogP contribution < -0.4 is 4.90 Å². The van der Waals surface area contributed by atoms with Crippen molar-refractivity contribution in [3.8, 4) is 11.3 Å². The smallest absolute Gasteiger partial charge is 0.0913 e. The van der Waals surface area contributed by atoms with Gasteiger partial charge in [-0.2, -0.15) is 0 Å². The fourth-order valence-electron chi connectivity index (χ4n) is 2.17. The summed E-state index contributed by atoms with van der Waals surface area (Å²) >= 11 is 0. The van der Waals surface area contributed by atoms with E-state index in [1.807, 2.05) is 56.7 Å². The van der Waals surface area contributed by atoms with Crippen LogP contribution in [0.5, 0.6) is 0 Å². The number of para-hydroxylation sites is 3. The molecule has 0 radical (unpaired) electrons. The first-order valence-corrected chi connectivity index (χ1v) is 6.24. The number of rotatable bonds is 2. The molecule has 0 N–H and O–H groups in total. The lowest BCUT2D eigenvalue weighted by Gasteiger charge is -2.16. The van der Waals surface area contributed by atoms with Gasteiger partial charge in [0.1, 0.15) is 0 Å². The van der Waals surface area contributed by atoms with Crippen molar-refractivity contribution in [2.75, 3.05) is 19.0 Å². The van der Waals surface area contributed by atoms with Crippen molar-refractivity contribution in [3.05, 3.63) is 54.7 Å². The maximum Gasteiger partial charge on any atom is 0.0913 e. The Morgan fingerprint density at radius 2 is 1.53 bits per heavy atom. The van der Waals surface area contributed by atoms with E-state index in [1.54, 1.807) is 0 Å². The SMILES string of the molecule is CN(C)c1ccccc1-c1cnc2ccccc2n1. The number of hydrogen-bond acceptors (Lipinski definition) is 3.